The molecule has 0 saturated carbocycles. The van der Waals surface area contributed by atoms with Gasteiger partial charge in [-0.3, -0.25) is 9.13 Å². The van der Waals surface area contributed by atoms with Crippen LogP contribution in [0.15, 0.2) is 17.1 Å². The number of ether oxygens (including phenoxy) is 2. The van der Waals surface area contributed by atoms with Gasteiger partial charge in [-0.2, -0.15) is 4.98 Å². The normalized spacial score (nSPS) is 37.2. The molecule has 3 heterocycles. The Morgan fingerprint density at radius 3 is 2.53 bits per heavy atom. The van der Waals surface area contributed by atoms with Crippen LogP contribution in [0.1, 0.15) is 19.6 Å². The monoisotopic (exact) mass is 541 g/mol. The van der Waals surface area contributed by atoms with Gasteiger partial charge < -0.3 is 60.4 Å². The summed E-state index contributed by atoms with van der Waals surface area (Å²) in [6.07, 6.45) is -12.5. The van der Waals surface area contributed by atoms with Gasteiger partial charge >= 0.3 is 13.3 Å². The smallest absolute Gasteiger partial charge is 0.359 e. The van der Waals surface area contributed by atoms with Crippen LogP contribution in [0.3, 0.4) is 0 Å². The predicted molar refractivity (Wildman–Crippen MR) is 118 cm³/mol. The van der Waals surface area contributed by atoms with Crippen LogP contribution >= 0.6 is 7.60 Å². The number of aromatic nitrogens is 2. The number of anilines is 1. The first-order chi connectivity index (χ1) is 16.8. The molecule has 0 bridgehead atoms. The fourth-order valence-electron chi connectivity index (χ4n) is 4.15. The number of aliphatic hydroxyl groups is 7. The highest BCUT2D eigenvalue weighted by Crippen LogP contribution is 2.51. The Morgan fingerprint density at radius 1 is 1.25 bits per heavy atom. The van der Waals surface area contributed by atoms with Gasteiger partial charge in [-0.25, -0.2) is 4.79 Å². The van der Waals surface area contributed by atoms with Crippen molar-refractivity contribution in [1.82, 2.24) is 9.55 Å². The van der Waals surface area contributed by atoms with Crippen molar-refractivity contribution in [2.24, 2.45) is 5.92 Å². The number of hydrogen-bond donors (Lipinski definition) is 9. The van der Waals surface area contributed by atoms with E-state index in [9.17, 15) is 44.9 Å². The van der Waals surface area contributed by atoms with E-state index in [1.807, 2.05) is 0 Å². The Kier molecular flexibility index (Phi) is 9.25. The van der Waals surface area contributed by atoms with Gasteiger partial charge in [0.1, 0.15) is 36.3 Å². The number of rotatable bonds is 9. The minimum absolute atomic E-state index is 0.0792. The van der Waals surface area contributed by atoms with Crippen molar-refractivity contribution >= 4 is 13.4 Å². The van der Waals surface area contributed by atoms with Crippen LogP contribution in [0.25, 0.3) is 0 Å². The molecule has 0 radical (unpaired) electrons. The quantitative estimate of drug-likeness (QED) is 0.134. The zero-order valence-electron chi connectivity index (χ0n) is 19.2. The summed E-state index contributed by atoms with van der Waals surface area (Å²) < 4.78 is 29.5. The van der Waals surface area contributed by atoms with Crippen molar-refractivity contribution in [3.05, 3.63) is 22.7 Å². The summed E-state index contributed by atoms with van der Waals surface area (Å²) in [5.41, 5.74) is 4.55. The second-order valence-electron chi connectivity index (χ2n) is 8.90. The Morgan fingerprint density at radius 2 is 1.92 bits per heavy atom. The Labute approximate surface area is 204 Å². The van der Waals surface area contributed by atoms with Crippen LogP contribution in [-0.2, 0) is 18.6 Å². The number of nitrogens with zero attached hydrogens (tertiary/aromatic N) is 2. The summed E-state index contributed by atoms with van der Waals surface area (Å²) in [5, 5.41) is 70.3. The maximum atomic E-state index is 12.7. The van der Waals surface area contributed by atoms with Crippen molar-refractivity contribution in [3.8, 4) is 0 Å². The molecule has 2 aliphatic rings. The topological polar surface area (TPSA) is 268 Å². The first-order valence-electron chi connectivity index (χ1n) is 11.1. The molecule has 3 rings (SSSR count). The van der Waals surface area contributed by atoms with E-state index in [-0.39, 0.29) is 12.2 Å². The summed E-state index contributed by atoms with van der Waals surface area (Å²) in [4.78, 5) is 25.8. The SMILES string of the molecule is C[C@H]1C([C@H](O)[C@H](O)CO)O[C@@H](C(O)P(=O)(O)OC[C@H]2O[C@@H](n3ccc(N)nc3=O)C(O)[C@H]2O)C[C@H]1O. The second kappa shape index (κ2) is 11.5. The lowest BCUT2D eigenvalue weighted by Gasteiger charge is -2.42. The molecule has 0 amide bonds. The maximum absolute atomic E-state index is 12.7. The van der Waals surface area contributed by atoms with E-state index in [2.05, 4.69) is 4.98 Å². The molecular weight excluding hydrogens is 509 g/mol. The highest BCUT2D eigenvalue weighted by molar-refractivity contribution is 7.53. The van der Waals surface area contributed by atoms with E-state index < -0.39 is 93.3 Å². The summed E-state index contributed by atoms with van der Waals surface area (Å²) in [5.74, 6) is -3.05. The van der Waals surface area contributed by atoms with Crippen LogP contribution in [-0.4, -0.2) is 118 Å². The summed E-state index contributed by atoms with van der Waals surface area (Å²) in [7, 11) is -4.94. The lowest BCUT2D eigenvalue weighted by Crippen LogP contribution is -2.55. The lowest BCUT2D eigenvalue weighted by atomic mass is 9.86. The number of hydrogen-bond acceptors (Lipinski definition) is 14. The molecule has 206 valence electrons. The molecule has 0 aromatic carbocycles. The minimum Gasteiger partial charge on any atom is -0.394 e. The fraction of sp³-hybridized carbons (Fsp3) is 0.789. The minimum atomic E-state index is -4.94. The molecular formula is C19H32N3O13P. The number of aliphatic hydroxyl groups excluding tert-OH is 7. The van der Waals surface area contributed by atoms with Gasteiger partial charge in [-0.05, 0) is 6.07 Å². The van der Waals surface area contributed by atoms with E-state index in [0.717, 1.165) is 4.57 Å². The number of nitrogen functional groups attached to an aromatic ring is 1. The van der Waals surface area contributed by atoms with Crippen LogP contribution < -0.4 is 11.4 Å². The Bertz CT molecular complexity index is 998. The van der Waals surface area contributed by atoms with Crippen molar-refractivity contribution in [2.75, 3.05) is 18.9 Å². The third-order valence-corrected chi connectivity index (χ3v) is 7.92. The molecule has 17 heteroatoms. The van der Waals surface area contributed by atoms with Gasteiger partial charge in [0.05, 0.1) is 31.5 Å². The van der Waals surface area contributed by atoms with E-state index >= 15 is 0 Å². The molecule has 2 saturated heterocycles. The first kappa shape index (κ1) is 29.0. The Hall–Kier alpha value is -1.53. The standard InChI is InChI=1S/C19H32N3O13P/c1-7-8(24)4-10(34-16(7)13(26)9(25)5-23)18(29)36(31,32)33-6-11-14(27)15(28)17(35-11)22-3-2-12(20)21-19(22)30/h2-3,7-11,13-18,23-29H,4-6H2,1H3,(H,31,32)(H2,20,21,30)/t7-,8-,9-,10-,11-,13-,14+,15?,16?,17-,18?/m1/s1. The van der Waals surface area contributed by atoms with E-state index in [1.165, 1.54) is 19.2 Å². The van der Waals surface area contributed by atoms with Crippen molar-refractivity contribution in [2.45, 2.75) is 74.2 Å². The van der Waals surface area contributed by atoms with Gasteiger partial charge in [-0.1, -0.05) is 6.92 Å². The van der Waals surface area contributed by atoms with Gasteiger partial charge in [-0.15, -0.1) is 0 Å². The summed E-state index contributed by atoms with van der Waals surface area (Å²) in [6.45, 7) is -0.117. The van der Waals surface area contributed by atoms with Crippen LogP contribution in [0.5, 0.6) is 0 Å². The third-order valence-electron chi connectivity index (χ3n) is 6.40. The predicted octanol–water partition coefficient (Wildman–Crippen LogP) is -4.17. The van der Waals surface area contributed by atoms with E-state index in [4.69, 9.17) is 24.8 Å². The molecule has 2 fully saturated rings. The van der Waals surface area contributed by atoms with Gasteiger partial charge in [0.25, 0.3) is 0 Å². The van der Waals surface area contributed by atoms with Crippen LogP contribution in [0.2, 0.25) is 0 Å². The molecule has 16 nitrogen and oxygen atoms in total. The molecule has 36 heavy (non-hydrogen) atoms. The van der Waals surface area contributed by atoms with Crippen LogP contribution in [0, 0.1) is 5.92 Å². The lowest BCUT2D eigenvalue weighted by molar-refractivity contribution is -0.203. The van der Waals surface area contributed by atoms with Crippen LogP contribution in [0.4, 0.5) is 5.82 Å². The van der Waals surface area contributed by atoms with Crippen molar-refractivity contribution in [3.63, 3.8) is 0 Å². The Balaban J connectivity index is 1.66. The maximum Gasteiger partial charge on any atom is 0.359 e. The van der Waals surface area contributed by atoms with Gasteiger partial charge in [0.15, 0.2) is 12.1 Å². The zero-order valence-corrected chi connectivity index (χ0v) is 20.1. The average Bonchev–Trinajstić information content (AvgIpc) is 3.11. The van der Waals surface area contributed by atoms with Gasteiger partial charge in [0, 0.05) is 18.5 Å². The highest BCUT2D eigenvalue weighted by Gasteiger charge is 2.49. The molecule has 0 aliphatic carbocycles. The zero-order chi connectivity index (χ0) is 26.9. The molecule has 4 unspecified atom stereocenters. The molecule has 10 N–H and O–H groups in total. The molecule has 12 atom stereocenters. The summed E-state index contributed by atoms with van der Waals surface area (Å²) in [6, 6.07) is 1.26. The van der Waals surface area contributed by atoms with E-state index in [0.29, 0.717) is 0 Å². The molecule has 1 aromatic rings. The second-order valence-corrected chi connectivity index (χ2v) is 10.8. The van der Waals surface area contributed by atoms with E-state index in [1.54, 1.807) is 0 Å². The molecule has 2 aliphatic heterocycles. The fourth-order valence-corrected chi connectivity index (χ4v) is 5.27. The van der Waals surface area contributed by atoms with Crippen molar-refractivity contribution < 1.29 is 59.2 Å². The average molecular weight is 541 g/mol. The highest BCUT2D eigenvalue weighted by atomic mass is 31.2. The molecule has 1 aromatic heterocycles. The van der Waals surface area contributed by atoms with Gasteiger partial charge in [0.2, 0.25) is 0 Å². The molecule has 0 spiro atoms. The number of nitrogens with two attached hydrogens (primary N) is 1. The largest absolute Gasteiger partial charge is 0.394 e. The summed E-state index contributed by atoms with van der Waals surface area (Å²) >= 11 is 0. The van der Waals surface area contributed by atoms with Crippen molar-refractivity contribution in [1.29, 1.82) is 0 Å². The third kappa shape index (κ3) is 5.96. The first-order valence-corrected chi connectivity index (χ1v) is 12.7.